The first kappa shape index (κ1) is 23.6. The van der Waals surface area contributed by atoms with Crippen LogP contribution in [-0.2, 0) is 5.41 Å². The molecule has 5 nitrogen and oxygen atoms in total. The van der Waals surface area contributed by atoms with E-state index in [9.17, 15) is 4.79 Å². The lowest BCUT2D eigenvalue weighted by Crippen LogP contribution is -2.38. The second-order valence-corrected chi connectivity index (χ2v) is 8.57. The fourth-order valence-corrected chi connectivity index (χ4v) is 3.13. The van der Waals surface area contributed by atoms with Gasteiger partial charge in [0.05, 0.1) is 19.3 Å². The van der Waals surface area contributed by atoms with Gasteiger partial charge in [-0.15, -0.1) is 0 Å². The summed E-state index contributed by atoms with van der Waals surface area (Å²) in [6.07, 6.45) is 0.734. The molecular formula is C25H36N2O3. The standard InChI is InChI=1S/C25H36N2O3/c1-7-29-23-14-9-18(2)17-22(23)19(3)27-24(28)26-15-8-16-30-21-12-10-20(11-13-21)25(4,5)6/h9-14,17,19H,7-8,15-16H2,1-6H3,(H2,26,27,28). The van der Waals surface area contributed by atoms with Crippen molar-refractivity contribution in [3.8, 4) is 11.5 Å². The third-order valence-corrected chi connectivity index (χ3v) is 4.87. The number of rotatable bonds is 9. The summed E-state index contributed by atoms with van der Waals surface area (Å²) in [6.45, 7) is 14.2. The van der Waals surface area contributed by atoms with Crippen molar-refractivity contribution >= 4 is 6.03 Å². The van der Waals surface area contributed by atoms with E-state index in [1.807, 2.05) is 45.0 Å². The number of urea groups is 1. The van der Waals surface area contributed by atoms with Crippen molar-refractivity contribution in [2.24, 2.45) is 0 Å². The molecule has 0 radical (unpaired) electrons. The van der Waals surface area contributed by atoms with Gasteiger partial charge in [-0.3, -0.25) is 0 Å². The van der Waals surface area contributed by atoms with Gasteiger partial charge in [0.25, 0.3) is 0 Å². The van der Waals surface area contributed by atoms with E-state index >= 15 is 0 Å². The number of benzene rings is 2. The number of ether oxygens (including phenoxy) is 2. The molecule has 0 saturated heterocycles. The molecule has 2 N–H and O–H groups in total. The Hall–Kier alpha value is -2.69. The van der Waals surface area contributed by atoms with Gasteiger partial charge < -0.3 is 20.1 Å². The molecule has 5 heteroatoms. The summed E-state index contributed by atoms with van der Waals surface area (Å²) in [5.74, 6) is 1.66. The molecule has 0 saturated carbocycles. The van der Waals surface area contributed by atoms with Crippen molar-refractivity contribution < 1.29 is 14.3 Å². The third-order valence-electron chi connectivity index (χ3n) is 4.87. The number of hydrogen-bond acceptors (Lipinski definition) is 3. The summed E-state index contributed by atoms with van der Waals surface area (Å²) in [6, 6.07) is 13.9. The van der Waals surface area contributed by atoms with Gasteiger partial charge in [0.1, 0.15) is 11.5 Å². The summed E-state index contributed by atoms with van der Waals surface area (Å²) >= 11 is 0. The Morgan fingerprint density at radius 3 is 2.40 bits per heavy atom. The van der Waals surface area contributed by atoms with Gasteiger partial charge in [0.2, 0.25) is 0 Å². The zero-order valence-electron chi connectivity index (χ0n) is 19.2. The topological polar surface area (TPSA) is 59.6 Å². The first-order chi connectivity index (χ1) is 14.2. The molecular weight excluding hydrogens is 376 g/mol. The minimum atomic E-state index is -0.194. The van der Waals surface area contributed by atoms with Gasteiger partial charge in [-0.1, -0.05) is 50.6 Å². The van der Waals surface area contributed by atoms with E-state index in [2.05, 4.69) is 49.6 Å². The van der Waals surface area contributed by atoms with Crippen LogP contribution in [0, 0.1) is 6.92 Å². The summed E-state index contributed by atoms with van der Waals surface area (Å²) < 4.78 is 11.5. The van der Waals surface area contributed by atoms with Crippen LogP contribution in [0.4, 0.5) is 4.79 Å². The van der Waals surface area contributed by atoms with Gasteiger partial charge in [-0.2, -0.15) is 0 Å². The highest BCUT2D eigenvalue weighted by Gasteiger charge is 2.15. The zero-order valence-corrected chi connectivity index (χ0v) is 19.2. The molecule has 30 heavy (non-hydrogen) atoms. The number of carbonyl (C=O) groups excluding carboxylic acids is 1. The van der Waals surface area contributed by atoms with Gasteiger partial charge in [-0.25, -0.2) is 4.79 Å². The molecule has 0 heterocycles. The Bertz CT molecular complexity index is 810. The van der Waals surface area contributed by atoms with Crippen LogP contribution in [0.5, 0.6) is 11.5 Å². The lowest BCUT2D eigenvalue weighted by Gasteiger charge is -2.19. The van der Waals surface area contributed by atoms with Crippen LogP contribution in [0.15, 0.2) is 42.5 Å². The fourth-order valence-electron chi connectivity index (χ4n) is 3.13. The SMILES string of the molecule is CCOc1ccc(C)cc1C(C)NC(=O)NCCCOc1ccc(C(C)(C)C)cc1. The van der Waals surface area contributed by atoms with Crippen molar-refractivity contribution in [1.82, 2.24) is 10.6 Å². The highest BCUT2D eigenvalue weighted by Crippen LogP contribution is 2.26. The lowest BCUT2D eigenvalue weighted by atomic mass is 9.87. The van der Waals surface area contributed by atoms with Crippen molar-refractivity contribution in [2.75, 3.05) is 19.8 Å². The number of hydrogen-bond donors (Lipinski definition) is 2. The Morgan fingerprint density at radius 1 is 1.07 bits per heavy atom. The molecule has 0 aliphatic rings. The Kier molecular flexibility index (Phi) is 8.58. The molecule has 164 valence electrons. The smallest absolute Gasteiger partial charge is 0.315 e. The predicted molar refractivity (Wildman–Crippen MR) is 123 cm³/mol. The van der Waals surface area contributed by atoms with Crippen LogP contribution in [0.3, 0.4) is 0 Å². The van der Waals surface area contributed by atoms with Crippen LogP contribution in [0.2, 0.25) is 0 Å². The number of carbonyl (C=O) groups is 1. The van der Waals surface area contributed by atoms with Crippen LogP contribution < -0.4 is 20.1 Å². The molecule has 2 amide bonds. The van der Waals surface area contributed by atoms with Crippen molar-refractivity contribution in [3.05, 3.63) is 59.2 Å². The quantitative estimate of drug-likeness (QED) is 0.533. The number of amides is 2. The summed E-state index contributed by atoms with van der Waals surface area (Å²) in [5.41, 5.74) is 3.53. The Labute approximate surface area is 181 Å². The highest BCUT2D eigenvalue weighted by molar-refractivity contribution is 5.74. The first-order valence-corrected chi connectivity index (χ1v) is 10.7. The number of aryl methyl sites for hydroxylation is 1. The lowest BCUT2D eigenvalue weighted by molar-refractivity contribution is 0.236. The molecule has 2 rings (SSSR count). The molecule has 0 aliphatic heterocycles. The molecule has 0 aliphatic carbocycles. The second-order valence-electron chi connectivity index (χ2n) is 8.57. The average Bonchev–Trinajstić information content (AvgIpc) is 2.69. The fraction of sp³-hybridized carbons (Fsp3) is 0.480. The number of nitrogens with one attached hydrogen (secondary N) is 2. The highest BCUT2D eigenvalue weighted by atomic mass is 16.5. The normalized spacial score (nSPS) is 12.2. The maximum atomic E-state index is 12.2. The summed E-state index contributed by atoms with van der Waals surface area (Å²) in [4.78, 5) is 12.2. The van der Waals surface area contributed by atoms with E-state index in [1.54, 1.807) is 0 Å². The molecule has 0 bridgehead atoms. The van der Waals surface area contributed by atoms with Gasteiger partial charge in [0, 0.05) is 12.1 Å². The monoisotopic (exact) mass is 412 g/mol. The molecule has 1 atom stereocenters. The van der Waals surface area contributed by atoms with E-state index in [1.165, 1.54) is 5.56 Å². The van der Waals surface area contributed by atoms with Gasteiger partial charge in [-0.05, 0) is 56.4 Å². The second kappa shape index (κ2) is 10.9. The van der Waals surface area contributed by atoms with Crippen molar-refractivity contribution in [1.29, 1.82) is 0 Å². The van der Waals surface area contributed by atoms with Crippen molar-refractivity contribution in [2.45, 2.75) is 59.4 Å². The molecule has 2 aromatic rings. The molecule has 0 aromatic heterocycles. The molecule has 1 unspecified atom stereocenters. The van der Waals surface area contributed by atoms with E-state index in [0.29, 0.717) is 19.8 Å². The minimum absolute atomic E-state index is 0.134. The summed E-state index contributed by atoms with van der Waals surface area (Å²) in [7, 11) is 0. The largest absolute Gasteiger partial charge is 0.494 e. The minimum Gasteiger partial charge on any atom is -0.494 e. The van der Waals surface area contributed by atoms with E-state index < -0.39 is 0 Å². The van der Waals surface area contributed by atoms with E-state index in [0.717, 1.165) is 29.0 Å². The van der Waals surface area contributed by atoms with Crippen LogP contribution in [-0.4, -0.2) is 25.8 Å². The van der Waals surface area contributed by atoms with Gasteiger partial charge >= 0.3 is 6.03 Å². The van der Waals surface area contributed by atoms with Crippen molar-refractivity contribution in [3.63, 3.8) is 0 Å². The molecule has 0 fully saturated rings. The predicted octanol–water partition coefficient (Wildman–Crippen LogP) is 5.52. The Morgan fingerprint density at radius 2 is 1.77 bits per heavy atom. The van der Waals surface area contributed by atoms with Gasteiger partial charge in [0.15, 0.2) is 0 Å². The van der Waals surface area contributed by atoms with Crippen LogP contribution >= 0.6 is 0 Å². The Balaban J connectivity index is 1.73. The zero-order chi connectivity index (χ0) is 22.1. The summed E-state index contributed by atoms with van der Waals surface area (Å²) in [5, 5.41) is 5.87. The van der Waals surface area contributed by atoms with E-state index in [-0.39, 0.29) is 17.5 Å². The first-order valence-electron chi connectivity index (χ1n) is 10.7. The molecule has 2 aromatic carbocycles. The maximum absolute atomic E-state index is 12.2. The molecule has 0 spiro atoms. The maximum Gasteiger partial charge on any atom is 0.315 e. The van der Waals surface area contributed by atoms with Crippen LogP contribution in [0.25, 0.3) is 0 Å². The third kappa shape index (κ3) is 7.29. The van der Waals surface area contributed by atoms with E-state index in [4.69, 9.17) is 9.47 Å². The average molecular weight is 413 g/mol. The van der Waals surface area contributed by atoms with Crippen LogP contribution in [0.1, 0.15) is 63.8 Å².